The van der Waals surface area contributed by atoms with Crippen molar-refractivity contribution in [2.24, 2.45) is 5.92 Å². The van der Waals surface area contributed by atoms with Gasteiger partial charge in [-0.1, -0.05) is 12.1 Å². The summed E-state index contributed by atoms with van der Waals surface area (Å²) in [6.07, 6.45) is 4.49. The van der Waals surface area contributed by atoms with Gasteiger partial charge in [-0.2, -0.15) is 0 Å². The van der Waals surface area contributed by atoms with Gasteiger partial charge >= 0.3 is 5.97 Å². The van der Waals surface area contributed by atoms with E-state index in [9.17, 15) is 4.79 Å². The van der Waals surface area contributed by atoms with Gasteiger partial charge in [0.1, 0.15) is 0 Å². The summed E-state index contributed by atoms with van der Waals surface area (Å²) < 4.78 is 0. The SMILES string of the molecule is O=C(O)CC(c1cccc2[nH]ccc12)C1CC1. The van der Waals surface area contributed by atoms with Crippen LogP contribution in [-0.2, 0) is 4.79 Å². The fourth-order valence-electron chi connectivity index (χ4n) is 2.65. The third-order valence-electron chi connectivity index (χ3n) is 3.61. The molecule has 1 aliphatic rings. The van der Waals surface area contributed by atoms with Crippen LogP contribution in [0, 0.1) is 5.92 Å². The van der Waals surface area contributed by atoms with Crippen LogP contribution in [0.25, 0.3) is 10.9 Å². The van der Waals surface area contributed by atoms with Gasteiger partial charge in [-0.15, -0.1) is 0 Å². The number of benzene rings is 1. The number of aromatic nitrogens is 1. The van der Waals surface area contributed by atoms with Crippen molar-refractivity contribution in [1.29, 1.82) is 0 Å². The van der Waals surface area contributed by atoms with Crippen LogP contribution >= 0.6 is 0 Å². The molecule has 2 N–H and O–H groups in total. The quantitative estimate of drug-likeness (QED) is 0.846. The van der Waals surface area contributed by atoms with Gasteiger partial charge in [-0.3, -0.25) is 4.79 Å². The average molecular weight is 229 g/mol. The van der Waals surface area contributed by atoms with Crippen molar-refractivity contribution >= 4 is 16.9 Å². The number of hydrogen-bond acceptors (Lipinski definition) is 1. The van der Waals surface area contributed by atoms with Crippen molar-refractivity contribution < 1.29 is 9.90 Å². The predicted octanol–water partition coefficient (Wildman–Crippen LogP) is 3.14. The molecule has 0 amide bonds. The van der Waals surface area contributed by atoms with Gasteiger partial charge in [0.25, 0.3) is 0 Å². The van der Waals surface area contributed by atoms with Gasteiger partial charge in [0.2, 0.25) is 0 Å². The van der Waals surface area contributed by atoms with Crippen LogP contribution in [0.4, 0.5) is 0 Å². The van der Waals surface area contributed by atoms with E-state index in [0.717, 1.165) is 5.52 Å². The summed E-state index contributed by atoms with van der Waals surface area (Å²) in [5.74, 6) is 0.0352. The van der Waals surface area contributed by atoms with Crippen LogP contribution in [0.3, 0.4) is 0 Å². The Kier molecular flexibility index (Phi) is 2.39. The number of hydrogen-bond donors (Lipinski definition) is 2. The number of carboxylic acid groups (broad SMARTS) is 1. The van der Waals surface area contributed by atoms with Crippen molar-refractivity contribution in [3.63, 3.8) is 0 Å². The highest BCUT2D eigenvalue weighted by Crippen LogP contribution is 2.46. The van der Waals surface area contributed by atoms with Crippen molar-refractivity contribution in [3.05, 3.63) is 36.0 Å². The lowest BCUT2D eigenvalue weighted by Crippen LogP contribution is -2.08. The molecule has 0 spiro atoms. The lowest BCUT2D eigenvalue weighted by atomic mass is 9.89. The molecule has 3 rings (SSSR count). The standard InChI is InChI=1S/C14H15NO2/c16-14(17)8-12(9-4-5-9)10-2-1-3-13-11(10)6-7-15-13/h1-3,6-7,9,12,15H,4-5,8H2,(H,16,17). The number of aromatic amines is 1. The Hall–Kier alpha value is -1.77. The van der Waals surface area contributed by atoms with Crippen LogP contribution in [0.15, 0.2) is 30.5 Å². The Morgan fingerprint density at radius 2 is 2.24 bits per heavy atom. The second-order valence-corrected chi connectivity index (χ2v) is 4.83. The molecule has 1 aromatic heterocycles. The first kappa shape index (κ1) is 10.4. The minimum absolute atomic E-state index is 0.173. The molecule has 3 nitrogen and oxygen atoms in total. The van der Waals surface area contributed by atoms with Gasteiger partial charge in [0.05, 0.1) is 6.42 Å². The molecule has 17 heavy (non-hydrogen) atoms. The van der Waals surface area contributed by atoms with Crippen molar-refractivity contribution in [1.82, 2.24) is 4.98 Å². The first-order valence-electron chi connectivity index (χ1n) is 6.03. The Labute approximate surface area is 99.5 Å². The monoisotopic (exact) mass is 229 g/mol. The van der Waals surface area contributed by atoms with Crippen LogP contribution < -0.4 is 0 Å². The fraction of sp³-hybridized carbons (Fsp3) is 0.357. The minimum Gasteiger partial charge on any atom is -0.481 e. The number of fused-ring (bicyclic) bond motifs is 1. The molecular weight excluding hydrogens is 214 g/mol. The van der Waals surface area contributed by atoms with E-state index in [4.69, 9.17) is 5.11 Å². The van der Waals surface area contributed by atoms with Crippen LogP contribution in [0.5, 0.6) is 0 Å². The third kappa shape index (κ3) is 1.93. The number of rotatable bonds is 4. The molecule has 3 heteroatoms. The zero-order valence-corrected chi connectivity index (χ0v) is 9.52. The summed E-state index contributed by atoms with van der Waals surface area (Å²) in [5, 5.41) is 10.2. The molecular formula is C14H15NO2. The average Bonchev–Trinajstić information content (AvgIpc) is 3.02. The molecule has 0 saturated heterocycles. The Morgan fingerprint density at radius 1 is 1.41 bits per heavy atom. The predicted molar refractivity (Wildman–Crippen MR) is 66.0 cm³/mol. The van der Waals surface area contributed by atoms with Crippen molar-refractivity contribution in [2.45, 2.75) is 25.2 Å². The summed E-state index contributed by atoms with van der Waals surface area (Å²) in [6.45, 7) is 0. The summed E-state index contributed by atoms with van der Waals surface area (Å²) in [6, 6.07) is 8.15. The highest BCUT2D eigenvalue weighted by Gasteiger charge is 2.34. The van der Waals surface area contributed by atoms with Crippen LogP contribution in [0.1, 0.15) is 30.7 Å². The minimum atomic E-state index is -0.700. The van der Waals surface area contributed by atoms with Gasteiger partial charge in [-0.25, -0.2) is 0 Å². The number of carbonyl (C=O) groups is 1. The van der Waals surface area contributed by atoms with Crippen molar-refractivity contribution in [2.75, 3.05) is 0 Å². The third-order valence-corrected chi connectivity index (χ3v) is 3.61. The molecule has 1 aliphatic carbocycles. The second-order valence-electron chi connectivity index (χ2n) is 4.83. The molecule has 0 aliphatic heterocycles. The second kappa shape index (κ2) is 3.91. The van der Waals surface area contributed by atoms with E-state index in [2.05, 4.69) is 11.1 Å². The van der Waals surface area contributed by atoms with Crippen LogP contribution in [-0.4, -0.2) is 16.1 Å². The number of carboxylic acids is 1. The van der Waals surface area contributed by atoms with Gasteiger partial charge in [0.15, 0.2) is 0 Å². The molecule has 1 unspecified atom stereocenters. The first-order valence-corrected chi connectivity index (χ1v) is 6.03. The van der Waals surface area contributed by atoms with E-state index >= 15 is 0 Å². The molecule has 88 valence electrons. The summed E-state index contributed by atoms with van der Waals surface area (Å²) in [4.78, 5) is 14.2. The zero-order valence-electron chi connectivity index (χ0n) is 9.52. The lowest BCUT2D eigenvalue weighted by Gasteiger charge is -2.15. The highest BCUT2D eigenvalue weighted by atomic mass is 16.4. The van der Waals surface area contributed by atoms with Crippen molar-refractivity contribution in [3.8, 4) is 0 Å². The van der Waals surface area contributed by atoms with Gasteiger partial charge < -0.3 is 10.1 Å². The molecule has 1 heterocycles. The largest absolute Gasteiger partial charge is 0.481 e. The van der Waals surface area contributed by atoms with E-state index < -0.39 is 5.97 Å². The summed E-state index contributed by atoms with van der Waals surface area (Å²) in [5.41, 5.74) is 2.28. The van der Waals surface area contributed by atoms with Crippen LogP contribution in [0.2, 0.25) is 0 Å². The zero-order chi connectivity index (χ0) is 11.8. The number of nitrogens with one attached hydrogen (secondary N) is 1. The molecule has 1 aromatic carbocycles. The van der Waals surface area contributed by atoms with E-state index in [1.54, 1.807) is 0 Å². The van der Waals surface area contributed by atoms with E-state index in [-0.39, 0.29) is 12.3 Å². The van der Waals surface area contributed by atoms with Gasteiger partial charge in [0, 0.05) is 17.1 Å². The Bertz CT molecular complexity index is 554. The Morgan fingerprint density at radius 3 is 2.94 bits per heavy atom. The normalized spacial score (nSPS) is 17.2. The molecule has 0 radical (unpaired) electrons. The van der Waals surface area contributed by atoms with E-state index in [1.165, 1.54) is 23.8 Å². The maximum atomic E-state index is 11.0. The number of aliphatic carboxylic acids is 1. The fourth-order valence-corrected chi connectivity index (χ4v) is 2.65. The van der Waals surface area contributed by atoms with E-state index in [1.807, 2.05) is 24.4 Å². The smallest absolute Gasteiger partial charge is 0.303 e. The topological polar surface area (TPSA) is 53.1 Å². The molecule has 1 fully saturated rings. The van der Waals surface area contributed by atoms with Gasteiger partial charge in [-0.05, 0) is 42.4 Å². The molecule has 1 saturated carbocycles. The molecule has 1 atom stereocenters. The lowest BCUT2D eigenvalue weighted by molar-refractivity contribution is -0.137. The maximum absolute atomic E-state index is 11.0. The number of H-pyrrole nitrogens is 1. The Balaban J connectivity index is 2.04. The molecule has 0 bridgehead atoms. The summed E-state index contributed by atoms with van der Waals surface area (Å²) in [7, 11) is 0. The molecule has 2 aromatic rings. The summed E-state index contributed by atoms with van der Waals surface area (Å²) >= 11 is 0. The van der Waals surface area contributed by atoms with E-state index in [0.29, 0.717) is 5.92 Å². The first-order chi connectivity index (χ1) is 8.25. The highest BCUT2D eigenvalue weighted by molar-refractivity contribution is 5.84. The maximum Gasteiger partial charge on any atom is 0.303 e.